The van der Waals surface area contributed by atoms with E-state index in [4.69, 9.17) is 5.73 Å². The number of amides is 1. The molecule has 1 spiro atoms. The molecular formula is C13H18N2O2. The van der Waals surface area contributed by atoms with Crippen LogP contribution in [0.2, 0.25) is 0 Å². The molecule has 3 aliphatic carbocycles. The van der Waals surface area contributed by atoms with Crippen LogP contribution >= 0.6 is 0 Å². The molecule has 2 saturated carbocycles. The molecule has 0 radical (unpaired) electrons. The maximum atomic E-state index is 11.3. The highest BCUT2D eigenvalue weighted by Gasteiger charge is 2.56. The Balaban J connectivity index is 1.97. The van der Waals surface area contributed by atoms with E-state index >= 15 is 0 Å². The lowest BCUT2D eigenvalue weighted by Gasteiger charge is -2.40. The second-order valence-electron chi connectivity index (χ2n) is 5.66. The SMILES string of the molecule is NC(=O)C1=CCCC2(C1)/C(=N\O)[C@@H]1CC[C@H]2C1. The second kappa shape index (κ2) is 3.59. The van der Waals surface area contributed by atoms with Crippen molar-refractivity contribution in [1.82, 2.24) is 0 Å². The van der Waals surface area contributed by atoms with E-state index in [0.717, 1.165) is 37.0 Å². The molecule has 17 heavy (non-hydrogen) atoms. The Morgan fingerprint density at radius 2 is 2.35 bits per heavy atom. The third-order valence-corrected chi connectivity index (χ3v) is 5.02. The highest BCUT2D eigenvalue weighted by Crippen LogP contribution is 2.59. The van der Waals surface area contributed by atoms with Crippen molar-refractivity contribution in [3.63, 3.8) is 0 Å². The molecule has 3 N–H and O–H groups in total. The van der Waals surface area contributed by atoms with E-state index in [2.05, 4.69) is 5.16 Å². The molecule has 0 aromatic heterocycles. The van der Waals surface area contributed by atoms with Crippen molar-refractivity contribution in [3.8, 4) is 0 Å². The van der Waals surface area contributed by atoms with Crippen molar-refractivity contribution in [3.05, 3.63) is 11.6 Å². The van der Waals surface area contributed by atoms with Crippen molar-refractivity contribution >= 4 is 11.6 Å². The Hall–Kier alpha value is -1.32. The van der Waals surface area contributed by atoms with Gasteiger partial charge in [0.05, 0.1) is 5.71 Å². The van der Waals surface area contributed by atoms with Crippen LogP contribution in [-0.4, -0.2) is 16.8 Å². The minimum Gasteiger partial charge on any atom is -0.411 e. The standard InChI is InChI=1S/C13H18N2O2/c14-12(16)9-2-1-5-13(7-9)10-4-3-8(6-10)11(13)15-17/h2,8,10,17H,1,3-7H2,(H2,14,16)/b15-11-/t8-,10+,13?/m1/s1. The van der Waals surface area contributed by atoms with Gasteiger partial charge in [0.1, 0.15) is 0 Å². The molecule has 0 aromatic carbocycles. The lowest BCUT2D eigenvalue weighted by molar-refractivity contribution is -0.115. The summed E-state index contributed by atoms with van der Waals surface area (Å²) in [5.41, 5.74) is 7.01. The molecule has 92 valence electrons. The highest BCUT2D eigenvalue weighted by molar-refractivity contribution is 5.98. The normalized spacial score (nSPS) is 42.1. The zero-order chi connectivity index (χ0) is 12.0. The summed E-state index contributed by atoms with van der Waals surface area (Å²) < 4.78 is 0. The maximum Gasteiger partial charge on any atom is 0.244 e. The van der Waals surface area contributed by atoms with E-state index in [9.17, 15) is 10.0 Å². The molecule has 3 aliphatic rings. The zero-order valence-electron chi connectivity index (χ0n) is 9.85. The van der Waals surface area contributed by atoms with Gasteiger partial charge in [-0.2, -0.15) is 0 Å². The van der Waals surface area contributed by atoms with Crippen LogP contribution in [0.25, 0.3) is 0 Å². The number of oxime groups is 1. The van der Waals surface area contributed by atoms with E-state index < -0.39 is 0 Å². The second-order valence-corrected chi connectivity index (χ2v) is 5.66. The molecule has 1 unspecified atom stereocenters. The van der Waals surface area contributed by atoms with Crippen LogP contribution in [0.1, 0.15) is 38.5 Å². The molecule has 0 aliphatic heterocycles. The van der Waals surface area contributed by atoms with E-state index in [1.807, 2.05) is 6.08 Å². The first-order valence-electron chi connectivity index (χ1n) is 6.38. The molecule has 2 bridgehead atoms. The molecule has 2 fully saturated rings. The fourth-order valence-corrected chi connectivity index (χ4v) is 4.29. The van der Waals surface area contributed by atoms with Crippen LogP contribution in [0.15, 0.2) is 16.8 Å². The summed E-state index contributed by atoms with van der Waals surface area (Å²) in [4.78, 5) is 11.3. The van der Waals surface area contributed by atoms with Crippen LogP contribution < -0.4 is 5.73 Å². The van der Waals surface area contributed by atoms with Crippen LogP contribution in [0.4, 0.5) is 0 Å². The van der Waals surface area contributed by atoms with Gasteiger partial charge in [-0.05, 0) is 44.4 Å². The number of primary amides is 1. The number of rotatable bonds is 1. The summed E-state index contributed by atoms with van der Waals surface area (Å²) >= 11 is 0. The minimum atomic E-state index is -0.316. The first-order valence-corrected chi connectivity index (χ1v) is 6.38. The van der Waals surface area contributed by atoms with Gasteiger partial charge in [-0.15, -0.1) is 0 Å². The highest BCUT2D eigenvalue weighted by atomic mass is 16.4. The van der Waals surface area contributed by atoms with E-state index in [-0.39, 0.29) is 11.3 Å². The summed E-state index contributed by atoms with van der Waals surface area (Å²) in [5, 5.41) is 12.9. The van der Waals surface area contributed by atoms with Crippen LogP contribution in [0.3, 0.4) is 0 Å². The minimum absolute atomic E-state index is 0.0587. The Labute approximate surface area is 101 Å². The van der Waals surface area contributed by atoms with Crippen molar-refractivity contribution in [1.29, 1.82) is 0 Å². The van der Waals surface area contributed by atoms with Gasteiger partial charge < -0.3 is 10.9 Å². The van der Waals surface area contributed by atoms with E-state index in [1.165, 1.54) is 6.42 Å². The number of carbonyl (C=O) groups excluding carboxylic acids is 1. The molecule has 0 saturated heterocycles. The van der Waals surface area contributed by atoms with Gasteiger partial charge in [0.25, 0.3) is 0 Å². The average molecular weight is 234 g/mol. The lowest BCUT2D eigenvalue weighted by atomic mass is 9.63. The summed E-state index contributed by atoms with van der Waals surface area (Å²) in [7, 11) is 0. The van der Waals surface area contributed by atoms with Crippen molar-refractivity contribution in [2.24, 2.45) is 28.1 Å². The predicted molar refractivity (Wildman–Crippen MR) is 63.6 cm³/mol. The topological polar surface area (TPSA) is 75.7 Å². The Morgan fingerprint density at radius 1 is 1.53 bits per heavy atom. The van der Waals surface area contributed by atoms with Gasteiger partial charge in [-0.1, -0.05) is 11.2 Å². The fraction of sp³-hybridized carbons (Fsp3) is 0.692. The first-order chi connectivity index (χ1) is 8.17. The Morgan fingerprint density at radius 3 is 3.06 bits per heavy atom. The van der Waals surface area contributed by atoms with Crippen molar-refractivity contribution in [2.75, 3.05) is 0 Å². The van der Waals surface area contributed by atoms with Gasteiger partial charge in [0.15, 0.2) is 0 Å². The summed E-state index contributed by atoms with van der Waals surface area (Å²) in [5.74, 6) is 0.711. The van der Waals surface area contributed by atoms with Gasteiger partial charge in [0.2, 0.25) is 5.91 Å². The number of nitrogens with zero attached hydrogens (tertiary/aromatic N) is 1. The molecule has 3 atom stereocenters. The lowest BCUT2D eigenvalue weighted by Crippen LogP contribution is -2.40. The van der Waals surface area contributed by atoms with E-state index in [0.29, 0.717) is 18.3 Å². The van der Waals surface area contributed by atoms with Crippen molar-refractivity contribution < 1.29 is 10.0 Å². The van der Waals surface area contributed by atoms with Gasteiger partial charge in [-0.3, -0.25) is 4.79 Å². The van der Waals surface area contributed by atoms with Gasteiger partial charge >= 0.3 is 0 Å². The summed E-state index contributed by atoms with van der Waals surface area (Å²) in [6.45, 7) is 0. The number of fused-ring (bicyclic) bond motifs is 3. The largest absolute Gasteiger partial charge is 0.411 e. The van der Waals surface area contributed by atoms with Gasteiger partial charge in [-0.25, -0.2) is 0 Å². The molecular weight excluding hydrogens is 216 g/mol. The monoisotopic (exact) mass is 234 g/mol. The molecule has 1 amide bonds. The first kappa shape index (κ1) is 10.8. The number of carbonyl (C=O) groups is 1. The molecule has 4 nitrogen and oxygen atoms in total. The zero-order valence-corrected chi connectivity index (χ0v) is 9.85. The number of hydrogen-bond acceptors (Lipinski definition) is 3. The Bertz CT molecular complexity index is 427. The third-order valence-electron chi connectivity index (χ3n) is 5.02. The average Bonchev–Trinajstić information content (AvgIpc) is 2.88. The number of allylic oxidation sites excluding steroid dienone is 1. The molecule has 0 aromatic rings. The number of nitrogens with two attached hydrogens (primary N) is 1. The van der Waals surface area contributed by atoms with Gasteiger partial charge in [0, 0.05) is 16.9 Å². The number of hydrogen-bond donors (Lipinski definition) is 2. The fourth-order valence-electron chi connectivity index (χ4n) is 4.29. The maximum absolute atomic E-state index is 11.3. The smallest absolute Gasteiger partial charge is 0.244 e. The summed E-state index contributed by atoms with van der Waals surface area (Å²) in [6.07, 6.45) is 7.99. The Kier molecular flexibility index (Phi) is 2.28. The third kappa shape index (κ3) is 1.36. The summed E-state index contributed by atoms with van der Waals surface area (Å²) in [6, 6.07) is 0. The van der Waals surface area contributed by atoms with Crippen LogP contribution in [-0.2, 0) is 4.79 Å². The quantitative estimate of drug-likeness (QED) is 0.536. The van der Waals surface area contributed by atoms with Crippen molar-refractivity contribution in [2.45, 2.75) is 38.5 Å². The predicted octanol–water partition coefficient (Wildman–Crippen LogP) is 1.83. The van der Waals surface area contributed by atoms with E-state index in [1.54, 1.807) is 0 Å². The van der Waals surface area contributed by atoms with Crippen LogP contribution in [0, 0.1) is 17.3 Å². The molecule has 4 heteroatoms. The molecule has 0 heterocycles. The van der Waals surface area contributed by atoms with Crippen LogP contribution in [0.5, 0.6) is 0 Å². The molecule has 3 rings (SSSR count).